The third kappa shape index (κ3) is 3.91. The van der Waals surface area contributed by atoms with Crippen molar-refractivity contribution in [1.29, 1.82) is 0 Å². The molecule has 0 aromatic heterocycles. The number of carbonyl (C=O) groups excluding carboxylic acids is 2. The lowest BCUT2D eigenvalue weighted by molar-refractivity contribution is -0.384. The predicted molar refractivity (Wildman–Crippen MR) is 97.8 cm³/mol. The van der Waals surface area contributed by atoms with Gasteiger partial charge in [0, 0.05) is 18.1 Å². The van der Waals surface area contributed by atoms with Gasteiger partial charge in [0.05, 0.1) is 16.1 Å². The zero-order valence-corrected chi connectivity index (χ0v) is 15.9. The lowest BCUT2D eigenvalue weighted by Gasteiger charge is -2.14. The zero-order valence-electron chi connectivity index (χ0n) is 14.3. The minimum absolute atomic E-state index is 0.0751. The van der Waals surface area contributed by atoms with Crippen LogP contribution in [-0.4, -0.2) is 21.8 Å². The van der Waals surface area contributed by atoms with E-state index in [1.807, 2.05) is 0 Å². The van der Waals surface area contributed by atoms with Crippen molar-refractivity contribution in [2.24, 2.45) is 5.92 Å². The third-order valence-electron chi connectivity index (χ3n) is 3.68. The number of ketones is 1. The Kier molecular flexibility index (Phi) is 5.76. The SMILES string of the molecule is Cc1cc(C(=O)C(C)C)c(O)c(Br)c1OC(=O)c1ccc([N+](=O)[O-])cc1. The molecule has 0 aliphatic rings. The lowest BCUT2D eigenvalue weighted by Crippen LogP contribution is -2.12. The van der Waals surface area contributed by atoms with Crippen LogP contribution in [0.3, 0.4) is 0 Å². The monoisotopic (exact) mass is 421 g/mol. The number of hydrogen-bond donors (Lipinski definition) is 1. The number of nitrogens with zero attached hydrogens (tertiary/aromatic N) is 1. The van der Waals surface area contributed by atoms with E-state index in [9.17, 15) is 24.8 Å². The number of benzene rings is 2. The molecule has 2 aromatic rings. The molecule has 0 amide bonds. The van der Waals surface area contributed by atoms with Crippen molar-refractivity contribution < 1.29 is 24.4 Å². The first kappa shape index (κ1) is 19.6. The minimum atomic E-state index is -0.744. The highest BCUT2D eigenvalue weighted by molar-refractivity contribution is 9.10. The second-order valence-corrected chi connectivity index (χ2v) is 6.74. The van der Waals surface area contributed by atoms with E-state index in [4.69, 9.17) is 4.74 Å². The maximum absolute atomic E-state index is 12.3. The molecule has 0 radical (unpaired) electrons. The molecule has 7 nitrogen and oxygen atoms in total. The van der Waals surface area contributed by atoms with Crippen molar-refractivity contribution in [2.45, 2.75) is 20.8 Å². The zero-order chi connectivity index (χ0) is 19.6. The second-order valence-electron chi connectivity index (χ2n) is 5.95. The first-order chi connectivity index (χ1) is 12.1. The van der Waals surface area contributed by atoms with Crippen LogP contribution in [-0.2, 0) is 0 Å². The molecule has 0 aliphatic carbocycles. The molecule has 0 heterocycles. The number of phenolic OH excluding ortho intramolecular Hbond substituents is 1. The summed E-state index contributed by atoms with van der Waals surface area (Å²) in [4.78, 5) is 34.5. The Morgan fingerprint density at radius 2 is 1.81 bits per heavy atom. The normalized spacial score (nSPS) is 10.7. The molecule has 136 valence electrons. The van der Waals surface area contributed by atoms with Gasteiger partial charge < -0.3 is 9.84 Å². The van der Waals surface area contributed by atoms with Gasteiger partial charge in [-0.05, 0) is 46.6 Å². The van der Waals surface area contributed by atoms with E-state index in [1.165, 1.54) is 30.3 Å². The van der Waals surface area contributed by atoms with E-state index in [0.29, 0.717) is 5.56 Å². The van der Waals surface area contributed by atoms with Crippen molar-refractivity contribution >= 4 is 33.4 Å². The summed E-state index contributed by atoms with van der Waals surface area (Å²) in [5.41, 5.74) is 0.588. The lowest BCUT2D eigenvalue weighted by atomic mass is 9.98. The Hall–Kier alpha value is -2.74. The van der Waals surface area contributed by atoms with Gasteiger partial charge >= 0.3 is 5.97 Å². The number of aromatic hydroxyl groups is 1. The van der Waals surface area contributed by atoms with Crippen LogP contribution in [0.1, 0.15) is 40.1 Å². The van der Waals surface area contributed by atoms with Crippen LogP contribution >= 0.6 is 15.9 Å². The number of nitro benzene ring substituents is 1. The fraction of sp³-hybridized carbons (Fsp3) is 0.222. The third-order valence-corrected chi connectivity index (χ3v) is 4.42. The Bertz CT molecular complexity index is 890. The van der Waals surface area contributed by atoms with Crippen LogP contribution in [0.5, 0.6) is 11.5 Å². The summed E-state index contributed by atoms with van der Waals surface area (Å²) in [5, 5.41) is 20.9. The summed E-state index contributed by atoms with van der Waals surface area (Å²) >= 11 is 3.16. The fourth-order valence-electron chi connectivity index (χ4n) is 2.24. The Morgan fingerprint density at radius 1 is 1.23 bits per heavy atom. The second kappa shape index (κ2) is 7.65. The highest BCUT2D eigenvalue weighted by atomic mass is 79.9. The van der Waals surface area contributed by atoms with Crippen molar-refractivity contribution in [1.82, 2.24) is 0 Å². The minimum Gasteiger partial charge on any atom is -0.506 e. The number of phenols is 1. The highest BCUT2D eigenvalue weighted by Crippen LogP contribution is 2.40. The molecule has 26 heavy (non-hydrogen) atoms. The molecule has 8 heteroatoms. The van der Waals surface area contributed by atoms with Gasteiger partial charge in [0.2, 0.25) is 0 Å². The van der Waals surface area contributed by atoms with E-state index < -0.39 is 10.9 Å². The molecule has 0 unspecified atom stereocenters. The average Bonchev–Trinajstić information content (AvgIpc) is 2.60. The summed E-state index contributed by atoms with van der Waals surface area (Å²) in [6.45, 7) is 5.07. The van der Waals surface area contributed by atoms with Gasteiger partial charge in [-0.25, -0.2) is 4.79 Å². The number of halogens is 1. The smallest absolute Gasteiger partial charge is 0.343 e. The largest absolute Gasteiger partial charge is 0.506 e. The van der Waals surface area contributed by atoms with E-state index in [-0.39, 0.29) is 44.5 Å². The van der Waals surface area contributed by atoms with Gasteiger partial charge in [-0.3, -0.25) is 14.9 Å². The van der Waals surface area contributed by atoms with Crippen LogP contribution in [0, 0.1) is 23.0 Å². The molecule has 2 rings (SSSR count). The van der Waals surface area contributed by atoms with Gasteiger partial charge in [0.25, 0.3) is 5.69 Å². The summed E-state index contributed by atoms with van der Waals surface area (Å²) < 4.78 is 5.41. The van der Waals surface area contributed by atoms with Crippen LogP contribution < -0.4 is 4.74 Å². The molecule has 0 aliphatic heterocycles. The van der Waals surface area contributed by atoms with Crippen LogP contribution in [0.25, 0.3) is 0 Å². The number of hydrogen-bond acceptors (Lipinski definition) is 6. The molecule has 1 N–H and O–H groups in total. The number of esters is 1. The van der Waals surface area contributed by atoms with E-state index in [0.717, 1.165) is 0 Å². The molecule has 0 saturated heterocycles. The maximum atomic E-state index is 12.3. The van der Waals surface area contributed by atoms with Crippen molar-refractivity contribution in [2.75, 3.05) is 0 Å². The van der Waals surface area contributed by atoms with Gasteiger partial charge in [0.1, 0.15) is 10.2 Å². The van der Waals surface area contributed by atoms with Crippen molar-refractivity contribution in [3.8, 4) is 11.5 Å². The maximum Gasteiger partial charge on any atom is 0.343 e. The van der Waals surface area contributed by atoms with Crippen molar-refractivity contribution in [3.63, 3.8) is 0 Å². The first-order valence-electron chi connectivity index (χ1n) is 7.66. The van der Waals surface area contributed by atoms with Crippen LogP contribution in [0.4, 0.5) is 5.69 Å². The standard InChI is InChI=1S/C18H16BrNO6/c1-9(2)15(21)13-8-10(3)17(14(19)16(13)22)26-18(23)11-4-6-12(7-5-11)20(24)25/h4-9,22H,1-3H3. The highest BCUT2D eigenvalue weighted by Gasteiger charge is 2.23. The quantitative estimate of drug-likeness (QED) is 0.251. The number of carbonyl (C=O) groups is 2. The van der Waals surface area contributed by atoms with E-state index >= 15 is 0 Å². The molecule has 0 bridgehead atoms. The number of nitro groups is 1. The van der Waals surface area contributed by atoms with E-state index in [2.05, 4.69) is 15.9 Å². The number of aryl methyl sites for hydroxylation is 1. The number of ether oxygens (including phenoxy) is 1. The van der Waals surface area contributed by atoms with Crippen molar-refractivity contribution in [3.05, 3.63) is 61.6 Å². The Labute approximate surface area is 157 Å². The Morgan fingerprint density at radius 3 is 2.31 bits per heavy atom. The first-order valence-corrected chi connectivity index (χ1v) is 8.45. The molecule has 2 aromatic carbocycles. The molecule has 0 atom stereocenters. The molecule has 0 saturated carbocycles. The molecular weight excluding hydrogens is 406 g/mol. The predicted octanol–water partition coefficient (Wildman–Crippen LogP) is 4.43. The molecular formula is C18H16BrNO6. The summed E-state index contributed by atoms with van der Waals surface area (Å²) in [5.74, 6) is -1.52. The number of non-ortho nitro benzene ring substituents is 1. The number of rotatable bonds is 5. The van der Waals surface area contributed by atoms with Gasteiger partial charge in [-0.2, -0.15) is 0 Å². The molecule has 0 fully saturated rings. The summed E-state index contributed by atoms with van der Waals surface area (Å²) in [6, 6.07) is 6.40. The van der Waals surface area contributed by atoms with Gasteiger partial charge in [-0.1, -0.05) is 13.8 Å². The molecule has 0 spiro atoms. The topological polar surface area (TPSA) is 107 Å². The fourth-order valence-corrected chi connectivity index (χ4v) is 2.85. The van der Waals surface area contributed by atoms with Crippen LogP contribution in [0.2, 0.25) is 0 Å². The van der Waals surface area contributed by atoms with Gasteiger partial charge in [-0.15, -0.1) is 0 Å². The van der Waals surface area contributed by atoms with Gasteiger partial charge in [0.15, 0.2) is 11.5 Å². The van der Waals surface area contributed by atoms with E-state index in [1.54, 1.807) is 20.8 Å². The summed E-state index contributed by atoms with van der Waals surface area (Å²) in [6.07, 6.45) is 0. The average molecular weight is 422 g/mol. The Balaban J connectivity index is 2.34. The summed E-state index contributed by atoms with van der Waals surface area (Å²) in [7, 11) is 0. The number of Topliss-reactive ketones (excluding diaryl/α,β-unsaturated/α-hetero) is 1. The van der Waals surface area contributed by atoms with Crippen LogP contribution in [0.15, 0.2) is 34.8 Å².